The van der Waals surface area contributed by atoms with E-state index in [1.807, 2.05) is 12.5 Å². The van der Waals surface area contributed by atoms with E-state index in [9.17, 15) is 0 Å². The fourth-order valence-corrected chi connectivity index (χ4v) is 1.14. The van der Waals surface area contributed by atoms with Crippen molar-refractivity contribution in [3.05, 3.63) is 0 Å². The standard InChI is InChI=1S/C8H18O.C2H6S.BH3/c1-3-5-8(7-9)6-4-2;1-3-2;/h8-9H,3-7H2,1-2H3;1-2H3;1H3. The van der Waals surface area contributed by atoms with Crippen LogP contribution in [0, 0.1) is 5.92 Å². The maximum atomic E-state index is 8.79. The van der Waals surface area contributed by atoms with Crippen LogP contribution >= 0.6 is 11.8 Å². The third kappa shape index (κ3) is 19.0. The van der Waals surface area contributed by atoms with Crippen molar-refractivity contribution in [2.24, 2.45) is 5.92 Å². The fourth-order valence-electron chi connectivity index (χ4n) is 1.14. The van der Waals surface area contributed by atoms with Gasteiger partial charge in [0, 0.05) is 6.61 Å². The Labute approximate surface area is 90.3 Å². The first-order valence-corrected chi connectivity index (χ1v) is 6.40. The Morgan fingerprint density at radius 3 is 1.54 bits per heavy atom. The minimum atomic E-state index is 0. The Morgan fingerprint density at radius 1 is 1.08 bits per heavy atom. The first-order chi connectivity index (χ1) is 5.76. The first kappa shape index (κ1) is 19.0. The molecule has 13 heavy (non-hydrogen) atoms. The fraction of sp³-hybridized carbons (Fsp3) is 1.00. The molecule has 0 aliphatic carbocycles. The largest absolute Gasteiger partial charge is 0.396 e. The van der Waals surface area contributed by atoms with Crippen molar-refractivity contribution in [1.82, 2.24) is 0 Å². The van der Waals surface area contributed by atoms with Gasteiger partial charge in [-0.3, -0.25) is 0 Å². The van der Waals surface area contributed by atoms with Crippen LogP contribution in [0.5, 0.6) is 0 Å². The van der Waals surface area contributed by atoms with Gasteiger partial charge >= 0.3 is 0 Å². The third-order valence-electron chi connectivity index (χ3n) is 1.65. The van der Waals surface area contributed by atoms with Gasteiger partial charge in [-0.15, -0.1) is 0 Å². The van der Waals surface area contributed by atoms with Crippen molar-refractivity contribution in [2.45, 2.75) is 39.5 Å². The Bertz CT molecular complexity index is 65.9. The number of hydrogen-bond donors (Lipinski definition) is 1. The zero-order chi connectivity index (χ0) is 9.82. The van der Waals surface area contributed by atoms with E-state index in [1.165, 1.54) is 25.7 Å². The SMILES string of the molecule is B.CCCC(CO)CCC.CSC. The highest BCUT2D eigenvalue weighted by Gasteiger charge is 2.02. The van der Waals surface area contributed by atoms with Gasteiger partial charge in [0.05, 0.1) is 8.41 Å². The lowest BCUT2D eigenvalue weighted by Gasteiger charge is -2.09. The maximum absolute atomic E-state index is 8.79. The van der Waals surface area contributed by atoms with E-state index in [0.29, 0.717) is 12.5 Å². The lowest BCUT2D eigenvalue weighted by molar-refractivity contribution is 0.209. The van der Waals surface area contributed by atoms with Gasteiger partial charge in [-0.25, -0.2) is 0 Å². The monoisotopic (exact) mass is 206 g/mol. The van der Waals surface area contributed by atoms with Crippen LogP contribution in [0.4, 0.5) is 0 Å². The quantitative estimate of drug-likeness (QED) is 0.694. The molecular formula is C10H27BOS. The van der Waals surface area contributed by atoms with Crippen LogP contribution in [-0.4, -0.2) is 32.6 Å². The molecule has 0 heterocycles. The predicted octanol–water partition coefficient (Wildman–Crippen LogP) is 1.99. The molecule has 0 fully saturated rings. The molecule has 0 saturated heterocycles. The average Bonchev–Trinajstić information content (AvgIpc) is 2.05. The van der Waals surface area contributed by atoms with Crippen molar-refractivity contribution in [2.75, 3.05) is 19.1 Å². The Kier molecular flexibility index (Phi) is 26.7. The summed E-state index contributed by atoms with van der Waals surface area (Å²) in [7, 11) is 0. The molecule has 3 heteroatoms. The van der Waals surface area contributed by atoms with Crippen LogP contribution in [0.25, 0.3) is 0 Å². The van der Waals surface area contributed by atoms with E-state index in [-0.39, 0.29) is 8.41 Å². The smallest absolute Gasteiger partial charge is 0.0814 e. The molecule has 0 aliphatic heterocycles. The summed E-state index contributed by atoms with van der Waals surface area (Å²) in [4.78, 5) is 0. The highest BCUT2D eigenvalue weighted by molar-refractivity contribution is 7.97. The van der Waals surface area contributed by atoms with E-state index < -0.39 is 0 Å². The average molecular weight is 206 g/mol. The summed E-state index contributed by atoms with van der Waals surface area (Å²) in [6.07, 6.45) is 8.85. The van der Waals surface area contributed by atoms with Crippen molar-refractivity contribution in [1.29, 1.82) is 0 Å². The molecule has 0 aliphatic rings. The van der Waals surface area contributed by atoms with Crippen LogP contribution in [-0.2, 0) is 0 Å². The molecule has 0 atom stereocenters. The molecule has 0 aromatic rings. The molecule has 1 nitrogen and oxygen atoms in total. The molecule has 0 aromatic carbocycles. The molecule has 0 spiro atoms. The molecule has 0 amide bonds. The second-order valence-corrected chi connectivity index (χ2v) is 3.85. The van der Waals surface area contributed by atoms with Gasteiger partial charge in [0.15, 0.2) is 0 Å². The molecule has 1 N–H and O–H groups in total. The van der Waals surface area contributed by atoms with Crippen molar-refractivity contribution in [3.8, 4) is 0 Å². The van der Waals surface area contributed by atoms with Crippen LogP contribution in [0.3, 0.4) is 0 Å². The van der Waals surface area contributed by atoms with Crippen LogP contribution in [0.1, 0.15) is 39.5 Å². The second kappa shape index (κ2) is 18.2. The molecule has 82 valence electrons. The molecule has 0 radical (unpaired) electrons. The second-order valence-electron chi connectivity index (χ2n) is 3.03. The minimum absolute atomic E-state index is 0. The van der Waals surface area contributed by atoms with Gasteiger partial charge in [-0.1, -0.05) is 26.7 Å². The van der Waals surface area contributed by atoms with Crippen LogP contribution in [0.15, 0.2) is 0 Å². The van der Waals surface area contributed by atoms with Crippen LogP contribution in [0.2, 0.25) is 0 Å². The summed E-state index contributed by atoms with van der Waals surface area (Å²) in [5, 5.41) is 8.79. The molecular weight excluding hydrogens is 179 g/mol. The molecule has 0 saturated carbocycles. The Hall–Kier alpha value is 0.375. The lowest BCUT2D eigenvalue weighted by atomic mass is 10.00. The normalized spacial score (nSPS) is 8.77. The van der Waals surface area contributed by atoms with Gasteiger partial charge in [-0.05, 0) is 31.3 Å². The number of rotatable bonds is 5. The van der Waals surface area contributed by atoms with E-state index >= 15 is 0 Å². The van der Waals surface area contributed by atoms with Gasteiger partial charge in [0.1, 0.15) is 0 Å². The summed E-state index contributed by atoms with van der Waals surface area (Å²) in [5.41, 5.74) is 0. The van der Waals surface area contributed by atoms with Gasteiger partial charge in [-0.2, -0.15) is 11.8 Å². The van der Waals surface area contributed by atoms with E-state index in [1.54, 1.807) is 11.8 Å². The third-order valence-corrected chi connectivity index (χ3v) is 1.65. The molecule has 0 aromatic heterocycles. The van der Waals surface area contributed by atoms with E-state index in [2.05, 4.69) is 13.8 Å². The summed E-state index contributed by atoms with van der Waals surface area (Å²) >= 11 is 1.75. The molecule has 0 rings (SSSR count). The highest BCUT2D eigenvalue weighted by Crippen LogP contribution is 2.11. The van der Waals surface area contributed by atoms with Crippen molar-refractivity contribution >= 4 is 20.2 Å². The van der Waals surface area contributed by atoms with Gasteiger partial charge < -0.3 is 5.11 Å². The predicted molar refractivity (Wildman–Crippen MR) is 69.8 cm³/mol. The topological polar surface area (TPSA) is 20.2 Å². The summed E-state index contributed by atoms with van der Waals surface area (Å²) < 4.78 is 0. The summed E-state index contributed by atoms with van der Waals surface area (Å²) in [5.74, 6) is 0.569. The summed E-state index contributed by atoms with van der Waals surface area (Å²) in [6, 6.07) is 0. The van der Waals surface area contributed by atoms with E-state index in [0.717, 1.165) is 0 Å². The van der Waals surface area contributed by atoms with Crippen molar-refractivity contribution in [3.63, 3.8) is 0 Å². The van der Waals surface area contributed by atoms with Crippen LogP contribution < -0.4 is 0 Å². The molecule has 0 unspecified atom stereocenters. The number of thioether (sulfide) groups is 1. The number of aliphatic hydroxyl groups is 1. The van der Waals surface area contributed by atoms with Crippen molar-refractivity contribution < 1.29 is 5.11 Å². The molecule has 0 bridgehead atoms. The lowest BCUT2D eigenvalue weighted by Crippen LogP contribution is -2.04. The maximum Gasteiger partial charge on any atom is 0.0814 e. The first-order valence-electron chi connectivity index (χ1n) is 4.77. The minimum Gasteiger partial charge on any atom is -0.396 e. The van der Waals surface area contributed by atoms with Gasteiger partial charge in [0.2, 0.25) is 0 Å². The van der Waals surface area contributed by atoms with Gasteiger partial charge in [0.25, 0.3) is 0 Å². The Morgan fingerprint density at radius 2 is 1.38 bits per heavy atom. The highest BCUT2D eigenvalue weighted by atomic mass is 32.2. The van der Waals surface area contributed by atoms with E-state index in [4.69, 9.17) is 5.11 Å². The number of hydrogen-bond acceptors (Lipinski definition) is 2. The summed E-state index contributed by atoms with van der Waals surface area (Å²) in [6.45, 7) is 4.71. The number of aliphatic hydroxyl groups excluding tert-OH is 1. The zero-order valence-corrected chi connectivity index (χ0v) is 9.78. The Balaban J connectivity index is -0.000000220. The zero-order valence-electron chi connectivity index (χ0n) is 8.97.